The molecule has 1 aliphatic rings. The highest BCUT2D eigenvalue weighted by atomic mass is 16.7. The van der Waals surface area contributed by atoms with Gasteiger partial charge in [-0.05, 0) is 47.0 Å². The Balaban J connectivity index is 2.70. The van der Waals surface area contributed by atoms with Crippen molar-refractivity contribution in [2.24, 2.45) is 11.3 Å². The Kier molecular flexibility index (Phi) is 8.55. The molecule has 1 fully saturated rings. The molecule has 0 amide bonds. The summed E-state index contributed by atoms with van der Waals surface area (Å²) in [5, 5.41) is 0. The second-order valence-electron chi connectivity index (χ2n) is 6.28. The predicted molar refractivity (Wildman–Crippen MR) is 84.7 cm³/mol. The molecule has 0 N–H and O–H groups in total. The van der Waals surface area contributed by atoms with Crippen LogP contribution in [-0.4, -0.2) is 44.7 Å². The summed E-state index contributed by atoms with van der Waals surface area (Å²) in [6.45, 7) is 8.65. The Morgan fingerprint density at radius 2 is 1.87 bits per heavy atom. The second-order valence-corrected chi connectivity index (χ2v) is 6.28. The molecule has 0 aromatic carbocycles. The van der Waals surface area contributed by atoms with Gasteiger partial charge in [-0.1, -0.05) is 0 Å². The van der Waals surface area contributed by atoms with Crippen LogP contribution < -0.4 is 0 Å². The van der Waals surface area contributed by atoms with Gasteiger partial charge >= 0.3 is 11.9 Å². The van der Waals surface area contributed by atoms with Crippen LogP contribution in [-0.2, 0) is 28.5 Å². The molecule has 23 heavy (non-hydrogen) atoms. The van der Waals surface area contributed by atoms with Crippen LogP contribution in [0, 0.1) is 11.3 Å². The van der Waals surface area contributed by atoms with Crippen molar-refractivity contribution in [3.8, 4) is 0 Å². The SMILES string of the molecule is CCOC(=O)CC(COC1CCCCO1)C(C)(C)C(=O)OCC. The highest BCUT2D eigenvalue weighted by Gasteiger charge is 2.40. The first-order valence-corrected chi connectivity index (χ1v) is 8.47. The molecule has 0 spiro atoms. The summed E-state index contributed by atoms with van der Waals surface area (Å²) >= 11 is 0. The number of esters is 2. The van der Waals surface area contributed by atoms with Crippen molar-refractivity contribution >= 4 is 11.9 Å². The van der Waals surface area contributed by atoms with Gasteiger partial charge in [0.05, 0.1) is 31.7 Å². The van der Waals surface area contributed by atoms with Crippen molar-refractivity contribution < 1.29 is 28.5 Å². The van der Waals surface area contributed by atoms with Crippen LogP contribution in [0.4, 0.5) is 0 Å². The largest absolute Gasteiger partial charge is 0.466 e. The topological polar surface area (TPSA) is 71.1 Å². The summed E-state index contributed by atoms with van der Waals surface area (Å²) in [5.41, 5.74) is -0.836. The average molecular weight is 330 g/mol. The highest BCUT2D eigenvalue weighted by molar-refractivity contribution is 5.78. The van der Waals surface area contributed by atoms with Crippen LogP contribution >= 0.6 is 0 Å². The van der Waals surface area contributed by atoms with Gasteiger partial charge in [-0.25, -0.2) is 0 Å². The zero-order valence-electron chi connectivity index (χ0n) is 14.8. The molecule has 6 heteroatoms. The van der Waals surface area contributed by atoms with E-state index in [1.54, 1.807) is 27.7 Å². The van der Waals surface area contributed by atoms with Gasteiger partial charge in [0.1, 0.15) is 0 Å². The van der Waals surface area contributed by atoms with Crippen LogP contribution in [0.3, 0.4) is 0 Å². The quantitative estimate of drug-likeness (QED) is 0.605. The van der Waals surface area contributed by atoms with Gasteiger partial charge in [0, 0.05) is 12.5 Å². The van der Waals surface area contributed by atoms with Crippen LogP contribution in [0.2, 0.25) is 0 Å². The van der Waals surface area contributed by atoms with E-state index in [1.807, 2.05) is 0 Å². The van der Waals surface area contributed by atoms with E-state index in [2.05, 4.69) is 0 Å². The van der Waals surface area contributed by atoms with Crippen LogP contribution in [0.1, 0.15) is 53.4 Å². The Bertz CT molecular complexity index is 373. The van der Waals surface area contributed by atoms with Gasteiger partial charge in [0.15, 0.2) is 6.29 Å². The van der Waals surface area contributed by atoms with Gasteiger partial charge in [0.25, 0.3) is 0 Å². The van der Waals surface area contributed by atoms with Crippen molar-refractivity contribution in [3.63, 3.8) is 0 Å². The summed E-state index contributed by atoms with van der Waals surface area (Å²) < 4.78 is 21.5. The predicted octanol–water partition coefficient (Wildman–Crippen LogP) is 2.69. The lowest BCUT2D eigenvalue weighted by Gasteiger charge is -2.33. The molecule has 0 bridgehead atoms. The fraction of sp³-hybridized carbons (Fsp3) is 0.882. The molecule has 1 aliphatic heterocycles. The lowest BCUT2D eigenvalue weighted by Crippen LogP contribution is -2.40. The minimum Gasteiger partial charge on any atom is -0.466 e. The Morgan fingerprint density at radius 3 is 2.43 bits per heavy atom. The molecule has 1 saturated heterocycles. The normalized spacial score (nSPS) is 19.9. The Labute approximate surface area is 138 Å². The number of ether oxygens (including phenoxy) is 4. The zero-order chi connectivity index (χ0) is 17.3. The van der Waals surface area contributed by atoms with E-state index >= 15 is 0 Å². The van der Waals surface area contributed by atoms with Crippen molar-refractivity contribution in [2.75, 3.05) is 26.4 Å². The Morgan fingerprint density at radius 1 is 1.17 bits per heavy atom. The maximum absolute atomic E-state index is 12.2. The van der Waals surface area contributed by atoms with Crippen molar-refractivity contribution in [3.05, 3.63) is 0 Å². The van der Waals surface area contributed by atoms with Gasteiger partial charge in [0.2, 0.25) is 0 Å². The zero-order valence-corrected chi connectivity index (χ0v) is 14.8. The lowest BCUT2D eigenvalue weighted by molar-refractivity contribution is -0.184. The Hall–Kier alpha value is -1.14. The summed E-state index contributed by atoms with van der Waals surface area (Å²) in [6.07, 6.45) is 2.80. The molecular weight excluding hydrogens is 300 g/mol. The number of rotatable bonds is 9. The second kappa shape index (κ2) is 9.88. The average Bonchev–Trinajstić information content (AvgIpc) is 2.52. The highest BCUT2D eigenvalue weighted by Crippen LogP contribution is 2.32. The molecule has 0 aromatic heterocycles. The van der Waals surface area contributed by atoms with E-state index in [0.29, 0.717) is 19.8 Å². The van der Waals surface area contributed by atoms with E-state index in [0.717, 1.165) is 19.3 Å². The van der Waals surface area contributed by atoms with Crippen molar-refractivity contribution in [1.29, 1.82) is 0 Å². The monoisotopic (exact) mass is 330 g/mol. The lowest BCUT2D eigenvalue weighted by atomic mass is 9.77. The summed E-state index contributed by atoms with van der Waals surface area (Å²) in [5.74, 6) is -0.989. The molecule has 0 aromatic rings. The van der Waals surface area contributed by atoms with Gasteiger partial charge < -0.3 is 18.9 Å². The van der Waals surface area contributed by atoms with E-state index in [9.17, 15) is 9.59 Å². The third-order valence-electron chi connectivity index (χ3n) is 4.16. The van der Waals surface area contributed by atoms with E-state index < -0.39 is 5.41 Å². The van der Waals surface area contributed by atoms with Crippen LogP contribution in [0.25, 0.3) is 0 Å². The van der Waals surface area contributed by atoms with Gasteiger partial charge in [-0.2, -0.15) is 0 Å². The minimum absolute atomic E-state index is 0.117. The molecule has 0 radical (unpaired) electrons. The van der Waals surface area contributed by atoms with Crippen molar-refractivity contribution in [2.45, 2.75) is 59.7 Å². The first-order valence-electron chi connectivity index (χ1n) is 8.47. The number of carbonyl (C=O) groups is 2. The summed E-state index contributed by atoms with van der Waals surface area (Å²) in [6, 6.07) is 0. The first kappa shape index (κ1) is 19.9. The van der Waals surface area contributed by atoms with Crippen LogP contribution in [0.5, 0.6) is 0 Å². The maximum atomic E-state index is 12.2. The van der Waals surface area contributed by atoms with Crippen molar-refractivity contribution in [1.82, 2.24) is 0 Å². The molecule has 0 aliphatic carbocycles. The van der Waals surface area contributed by atoms with E-state index in [-0.39, 0.29) is 37.2 Å². The molecule has 6 nitrogen and oxygen atoms in total. The fourth-order valence-electron chi connectivity index (χ4n) is 2.49. The standard InChI is InChI=1S/C17H30O6/c1-5-20-14(18)11-13(17(3,4)16(19)21-6-2)12-23-15-9-7-8-10-22-15/h13,15H,5-12H2,1-4H3. The van der Waals surface area contributed by atoms with Gasteiger partial charge in [-0.15, -0.1) is 0 Å². The third kappa shape index (κ3) is 6.47. The number of carbonyl (C=O) groups excluding carboxylic acids is 2. The minimum atomic E-state index is -0.836. The molecule has 134 valence electrons. The smallest absolute Gasteiger partial charge is 0.311 e. The molecule has 2 unspecified atom stereocenters. The number of hydrogen-bond acceptors (Lipinski definition) is 6. The fourth-order valence-corrected chi connectivity index (χ4v) is 2.49. The van der Waals surface area contributed by atoms with E-state index in [1.165, 1.54) is 0 Å². The van der Waals surface area contributed by atoms with Gasteiger partial charge in [-0.3, -0.25) is 9.59 Å². The van der Waals surface area contributed by atoms with Crippen LogP contribution in [0.15, 0.2) is 0 Å². The summed E-state index contributed by atoms with van der Waals surface area (Å²) in [4.78, 5) is 24.1. The molecule has 1 heterocycles. The third-order valence-corrected chi connectivity index (χ3v) is 4.16. The molecule has 0 saturated carbocycles. The first-order chi connectivity index (χ1) is 10.9. The number of hydrogen-bond donors (Lipinski definition) is 0. The molecule has 2 atom stereocenters. The summed E-state index contributed by atoms with van der Waals surface area (Å²) in [7, 11) is 0. The maximum Gasteiger partial charge on any atom is 0.311 e. The molecule has 1 rings (SSSR count). The van der Waals surface area contributed by atoms with E-state index in [4.69, 9.17) is 18.9 Å². The molecular formula is C17H30O6.